The molecule has 1 amide bonds. The summed E-state index contributed by atoms with van der Waals surface area (Å²) in [4.78, 5) is 26.1. The number of halogens is 1. The summed E-state index contributed by atoms with van der Waals surface area (Å²) >= 11 is 0. The molecule has 1 unspecified atom stereocenters. The number of benzene rings is 3. The van der Waals surface area contributed by atoms with Crippen LogP contribution < -0.4 is 29.7 Å². The van der Waals surface area contributed by atoms with E-state index in [1.54, 1.807) is 44.2 Å². The minimum Gasteiger partial charge on any atom is -0.496 e. The van der Waals surface area contributed by atoms with Gasteiger partial charge in [0.25, 0.3) is 5.91 Å². The Balaban J connectivity index is 0.00000162. The number of carbonyl (C=O) groups excluding carboxylic acids is 2. The van der Waals surface area contributed by atoms with Crippen LogP contribution in [0.2, 0.25) is 0 Å². The van der Waals surface area contributed by atoms with Crippen LogP contribution in [0.1, 0.15) is 38.8 Å². The van der Waals surface area contributed by atoms with Crippen molar-refractivity contribution in [3.63, 3.8) is 0 Å². The maximum absolute atomic E-state index is 14.0. The molecule has 0 saturated heterocycles. The second-order valence-corrected chi connectivity index (χ2v) is 10.9. The number of nitrogens with one attached hydrogen (secondary N) is 2. The molecule has 1 heterocycles. The third-order valence-electron chi connectivity index (χ3n) is 6.74. The van der Waals surface area contributed by atoms with Gasteiger partial charge in [-0.15, -0.1) is 0 Å². The fourth-order valence-electron chi connectivity index (χ4n) is 4.82. The number of methoxy groups -OCH3 is 1. The van der Waals surface area contributed by atoms with Crippen molar-refractivity contribution >= 4 is 23.3 Å². The molecule has 3 aromatic rings. The summed E-state index contributed by atoms with van der Waals surface area (Å²) in [7, 11) is 7.05. The quantitative estimate of drug-likeness (QED) is 0.303. The van der Waals surface area contributed by atoms with E-state index in [9.17, 15) is 14.0 Å². The molecule has 1 aliphatic rings. The zero-order chi connectivity index (χ0) is 31.9. The third kappa shape index (κ3) is 7.95. The molecule has 3 aromatic carbocycles. The first-order chi connectivity index (χ1) is 20.3. The second kappa shape index (κ2) is 14.2. The van der Waals surface area contributed by atoms with Crippen molar-refractivity contribution in [3.8, 4) is 28.4 Å². The molecule has 0 aromatic heterocycles. The van der Waals surface area contributed by atoms with Gasteiger partial charge in [-0.05, 0) is 77.2 Å². The van der Waals surface area contributed by atoms with E-state index in [0.29, 0.717) is 22.9 Å². The highest BCUT2D eigenvalue weighted by Crippen LogP contribution is 2.45. The molecule has 4 rings (SSSR count). The smallest absolute Gasteiger partial charge is 0.303 e. The van der Waals surface area contributed by atoms with Gasteiger partial charge in [0, 0.05) is 37.2 Å². The number of amides is 1. The molecule has 0 fully saturated rings. The highest BCUT2D eigenvalue weighted by atomic mass is 19.1. The number of fused-ring (bicyclic) bond motifs is 1. The van der Waals surface area contributed by atoms with Gasteiger partial charge >= 0.3 is 5.97 Å². The Bertz CT molecular complexity index is 1460. The Labute approximate surface area is 253 Å². The normalized spacial score (nSPS) is 14.0. The number of aryl methyl sites for hydroxylation is 1. The number of rotatable bonds is 9. The number of hydrogen-bond acceptors (Lipinski definition) is 8. The van der Waals surface area contributed by atoms with Crippen LogP contribution in [0.25, 0.3) is 11.1 Å². The van der Waals surface area contributed by atoms with Crippen LogP contribution in [0.15, 0.2) is 48.5 Å². The number of anilines is 2. The molecule has 0 radical (unpaired) electrons. The first-order valence-corrected chi connectivity index (χ1v) is 14.0. The Hall–Kier alpha value is -4.31. The van der Waals surface area contributed by atoms with Gasteiger partial charge in [0.2, 0.25) is 0 Å². The molecule has 10 heteroatoms. The van der Waals surface area contributed by atoms with Crippen molar-refractivity contribution in [1.82, 2.24) is 5.32 Å². The van der Waals surface area contributed by atoms with Crippen molar-refractivity contribution in [2.45, 2.75) is 52.9 Å². The summed E-state index contributed by atoms with van der Waals surface area (Å²) in [6, 6.07) is 13.7. The molecule has 0 spiro atoms. The predicted molar refractivity (Wildman–Crippen MR) is 167 cm³/mol. The number of hydrogen-bond donors (Lipinski definition) is 2. The van der Waals surface area contributed by atoms with Gasteiger partial charge in [-0.25, -0.2) is 4.39 Å². The SMILES string of the molecule is CNC.COc1cc(OCC(C)OC(C)=O)ccc1-c1ccc2c(c1COc1cc(F)ccc1C)N(C)C(=O)C(C)(C)N2. The highest BCUT2D eigenvalue weighted by Gasteiger charge is 2.38. The molecule has 9 nitrogen and oxygen atoms in total. The van der Waals surface area contributed by atoms with Gasteiger partial charge in [-0.1, -0.05) is 12.1 Å². The van der Waals surface area contributed by atoms with E-state index >= 15 is 0 Å². The fourth-order valence-corrected chi connectivity index (χ4v) is 4.82. The summed E-state index contributed by atoms with van der Waals surface area (Å²) in [5.41, 5.74) is 3.73. The average molecular weight is 596 g/mol. The second-order valence-electron chi connectivity index (χ2n) is 10.9. The molecule has 0 bridgehead atoms. The van der Waals surface area contributed by atoms with Crippen LogP contribution in [0.3, 0.4) is 0 Å². The molecule has 2 N–H and O–H groups in total. The lowest BCUT2D eigenvalue weighted by Gasteiger charge is -2.39. The summed E-state index contributed by atoms with van der Waals surface area (Å²) in [6.07, 6.45) is -0.413. The van der Waals surface area contributed by atoms with E-state index in [2.05, 4.69) is 10.6 Å². The Morgan fingerprint density at radius 2 is 1.72 bits per heavy atom. The monoisotopic (exact) mass is 595 g/mol. The fraction of sp³-hybridized carbons (Fsp3) is 0.394. The lowest BCUT2D eigenvalue weighted by atomic mass is 9.91. The minimum absolute atomic E-state index is 0.0732. The van der Waals surface area contributed by atoms with E-state index in [1.165, 1.54) is 19.1 Å². The molecule has 43 heavy (non-hydrogen) atoms. The lowest BCUT2D eigenvalue weighted by Crippen LogP contribution is -2.52. The first-order valence-electron chi connectivity index (χ1n) is 14.0. The standard InChI is InChI=1S/C31H35FN2O6.C2H7N/c1-18-8-9-21(32)14-27(18)39-17-25-23(12-13-26-29(25)34(6)30(36)31(4,5)33-26)24-11-10-22(15-28(24)37-7)38-16-19(2)40-20(3)35;1-3-2/h8-15,19,33H,16-17H2,1-7H3;3H,1-2H3. The molecule has 0 aliphatic carbocycles. The van der Waals surface area contributed by atoms with Crippen LogP contribution in [0, 0.1) is 12.7 Å². The number of nitrogens with zero attached hydrogens (tertiary/aromatic N) is 1. The van der Waals surface area contributed by atoms with E-state index in [4.69, 9.17) is 18.9 Å². The van der Waals surface area contributed by atoms with Gasteiger partial charge < -0.3 is 34.5 Å². The van der Waals surface area contributed by atoms with Crippen LogP contribution in [-0.4, -0.2) is 58.4 Å². The van der Waals surface area contributed by atoms with Crippen molar-refractivity contribution in [3.05, 3.63) is 65.5 Å². The van der Waals surface area contributed by atoms with Gasteiger partial charge in [0.05, 0.1) is 18.5 Å². The summed E-state index contributed by atoms with van der Waals surface area (Å²) < 4.78 is 36.8. The van der Waals surface area contributed by atoms with E-state index in [1.807, 2.05) is 53.1 Å². The Morgan fingerprint density at radius 1 is 1.05 bits per heavy atom. The van der Waals surface area contributed by atoms with Crippen molar-refractivity contribution in [2.75, 3.05) is 45.1 Å². The maximum atomic E-state index is 14.0. The van der Waals surface area contributed by atoms with Gasteiger partial charge in [0.15, 0.2) is 0 Å². The maximum Gasteiger partial charge on any atom is 0.303 e. The van der Waals surface area contributed by atoms with E-state index in [0.717, 1.165) is 27.9 Å². The zero-order valence-electron chi connectivity index (χ0n) is 26.4. The van der Waals surface area contributed by atoms with Gasteiger partial charge in [0.1, 0.15) is 47.9 Å². The van der Waals surface area contributed by atoms with Gasteiger partial charge in [-0.2, -0.15) is 0 Å². The Kier molecular flexibility index (Phi) is 11.0. The van der Waals surface area contributed by atoms with Crippen molar-refractivity contribution in [1.29, 1.82) is 0 Å². The molecular formula is C33H42FN3O6. The van der Waals surface area contributed by atoms with E-state index < -0.39 is 17.5 Å². The number of carbonyl (C=O) groups is 2. The Morgan fingerprint density at radius 3 is 2.37 bits per heavy atom. The first kappa shape index (κ1) is 33.2. The van der Waals surface area contributed by atoms with Crippen LogP contribution in [-0.2, 0) is 20.9 Å². The largest absolute Gasteiger partial charge is 0.496 e. The molecule has 232 valence electrons. The lowest BCUT2D eigenvalue weighted by molar-refractivity contribution is -0.146. The van der Waals surface area contributed by atoms with Crippen molar-refractivity contribution < 1.29 is 32.9 Å². The number of likely N-dealkylation sites (N-methyl/N-ethyl adjacent to an activating group) is 1. The zero-order valence-corrected chi connectivity index (χ0v) is 26.4. The molecular weight excluding hydrogens is 553 g/mol. The number of esters is 1. The average Bonchev–Trinajstić information content (AvgIpc) is 2.95. The molecule has 1 aliphatic heterocycles. The molecule has 1 atom stereocenters. The molecule has 0 saturated carbocycles. The third-order valence-corrected chi connectivity index (χ3v) is 6.74. The van der Waals surface area contributed by atoms with Crippen LogP contribution in [0.5, 0.6) is 17.2 Å². The van der Waals surface area contributed by atoms with E-state index in [-0.39, 0.29) is 25.1 Å². The number of ether oxygens (including phenoxy) is 4. The van der Waals surface area contributed by atoms with Crippen molar-refractivity contribution in [2.24, 2.45) is 0 Å². The van der Waals surface area contributed by atoms with Crippen LogP contribution >= 0.6 is 0 Å². The predicted octanol–water partition coefficient (Wildman–Crippen LogP) is 5.72. The summed E-state index contributed by atoms with van der Waals surface area (Å²) in [5.74, 6) is 0.630. The van der Waals surface area contributed by atoms with Crippen LogP contribution in [0.4, 0.5) is 15.8 Å². The summed E-state index contributed by atoms with van der Waals surface area (Å²) in [5, 5.41) is 6.09. The van der Waals surface area contributed by atoms with Gasteiger partial charge in [-0.3, -0.25) is 9.59 Å². The summed E-state index contributed by atoms with van der Waals surface area (Å²) in [6.45, 7) is 8.87. The topological polar surface area (TPSA) is 98.4 Å². The highest BCUT2D eigenvalue weighted by molar-refractivity contribution is 6.08. The minimum atomic E-state index is -0.791.